The van der Waals surface area contributed by atoms with Gasteiger partial charge in [0.1, 0.15) is 6.10 Å². The molecule has 3 aromatic rings. The SMILES string of the molecule is CCCN(CCC)C(=O)c1cc(C)cc(C(=O)O[C@H](CNCc2cccc(C(F)(F)F)c2)[C@@H](N)Cc2c(F)c(F)c(F)c(F)c2F)c1. The lowest BCUT2D eigenvalue weighted by Gasteiger charge is -2.26. The third kappa shape index (κ3) is 9.50. The fourth-order valence-electron chi connectivity index (χ4n) is 4.96. The van der Waals surface area contributed by atoms with Crippen molar-refractivity contribution in [1.82, 2.24) is 10.2 Å². The summed E-state index contributed by atoms with van der Waals surface area (Å²) in [5.74, 6) is -12.3. The summed E-state index contributed by atoms with van der Waals surface area (Å²) in [5, 5.41) is 2.77. The minimum Gasteiger partial charge on any atom is -0.456 e. The Labute approximate surface area is 266 Å². The average Bonchev–Trinajstić information content (AvgIpc) is 3.03. The lowest BCUT2D eigenvalue weighted by molar-refractivity contribution is -0.137. The van der Waals surface area contributed by atoms with Crippen LogP contribution in [0.3, 0.4) is 0 Å². The van der Waals surface area contributed by atoms with Gasteiger partial charge in [-0.1, -0.05) is 32.0 Å². The van der Waals surface area contributed by atoms with Crippen LogP contribution in [0.2, 0.25) is 0 Å². The summed E-state index contributed by atoms with van der Waals surface area (Å²) in [4.78, 5) is 28.2. The average molecular weight is 674 g/mol. The number of nitrogens with zero attached hydrogens (tertiary/aromatic N) is 1. The number of carbonyl (C=O) groups excluding carboxylic acids is 2. The Hall–Kier alpha value is -4.04. The van der Waals surface area contributed by atoms with E-state index in [1.165, 1.54) is 24.3 Å². The van der Waals surface area contributed by atoms with Crippen molar-refractivity contribution in [3.8, 4) is 0 Å². The van der Waals surface area contributed by atoms with E-state index >= 15 is 0 Å². The second-order valence-corrected chi connectivity index (χ2v) is 11.1. The van der Waals surface area contributed by atoms with Crippen LogP contribution in [0.1, 0.15) is 69.7 Å². The van der Waals surface area contributed by atoms with Crippen LogP contribution in [0.4, 0.5) is 35.1 Å². The van der Waals surface area contributed by atoms with E-state index in [4.69, 9.17) is 10.5 Å². The molecule has 1 amide bonds. The first-order chi connectivity index (χ1) is 22.1. The van der Waals surface area contributed by atoms with Crippen molar-refractivity contribution in [2.45, 2.75) is 64.9 Å². The molecular formula is C33H35F8N3O3. The third-order valence-electron chi connectivity index (χ3n) is 7.24. The number of nitrogens with two attached hydrogens (primary N) is 1. The topological polar surface area (TPSA) is 84.7 Å². The van der Waals surface area contributed by atoms with Gasteiger partial charge < -0.3 is 20.7 Å². The fourth-order valence-corrected chi connectivity index (χ4v) is 4.96. The van der Waals surface area contributed by atoms with E-state index in [1.54, 1.807) is 17.9 Å². The smallest absolute Gasteiger partial charge is 0.416 e. The number of amides is 1. The van der Waals surface area contributed by atoms with E-state index in [0.29, 0.717) is 31.5 Å². The minimum absolute atomic E-state index is 0.0763. The fraction of sp³-hybridized carbons (Fsp3) is 0.394. The highest BCUT2D eigenvalue weighted by Gasteiger charge is 2.32. The van der Waals surface area contributed by atoms with Gasteiger partial charge in [-0.2, -0.15) is 13.2 Å². The van der Waals surface area contributed by atoms with E-state index in [9.17, 15) is 44.7 Å². The van der Waals surface area contributed by atoms with Crippen molar-refractivity contribution in [1.29, 1.82) is 0 Å². The van der Waals surface area contributed by atoms with E-state index in [0.717, 1.165) is 12.1 Å². The number of aryl methyl sites for hydroxylation is 1. The Morgan fingerprint density at radius 3 is 2.02 bits per heavy atom. The van der Waals surface area contributed by atoms with Crippen LogP contribution in [0.5, 0.6) is 0 Å². The molecule has 0 radical (unpaired) electrons. The molecule has 0 aliphatic heterocycles. The van der Waals surface area contributed by atoms with E-state index in [-0.39, 0.29) is 29.1 Å². The van der Waals surface area contributed by atoms with Gasteiger partial charge >= 0.3 is 12.1 Å². The van der Waals surface area contributed by atoms with Crippen LogP contribution in [-0.2, 0) is 23.9 Å². The lowest BCUT2D eigenvalue weighted by atomic mass is 9.99. The highest BCUT2D eigenvalue weighted by molar-refractivity contribution is 5.98. The molecule has 0 bridgehead atoms. The van der Waals surface area contributed by atoms with Crippen LogP contribution < -0.4 is 11.1 Å². The van der Waals surface area contributed by atoms with Gasteiger partial charge in [-0.25, -0.2) is 26.7 Å². The highest BCUT2D eigenvalue weighted by atomic mass is 19.4. The first kappa shape index (κ1) is 37.4. The highest BCUT2D eigenvalue weighted by Crippen LogP contribution is 2.29. The van der Waals surface area contributed by atoms with Crippen LogP contribution in [0, 0.1) is 36.0 Å². The van der Waals surface area contributed by atoms with E-state index in [1.807, 2.05) is 13.8 Å². The normalized spacial score (nSPS) is 12.9. The number of rotatable bonds is 14. The Bertz CT molecular complexity index is 1550. The van der Waals surface area contributed by atoms with Gasteiger partial charge in [-0.05, 0) is 61.6 Å². The van der Waals surface area contributed by atoms with Gasteiger partial charge in [-0.15, -0.1) is 0 Å². The molecule has 14 heteroatoms. The van der Waals surface area contributed by atoms with Gasteiger partial charge in [0.15, 0.2) is 23.3 Å². The number of alkyl halides is 3. The van der Waals surface area contributed by atoms with Gasteiger partial charge in [-0.3, -0.25) is 4.79 Å². The summed E-state index contributed by atoms with van der Waals surface area (Å²) in [7, 11) is 0. The zero-order chi connectivity index (χ0) is 35.1. The zero-order valence-corrected chi connectivity index (χ0v) is 25.9. The molecule has 3 rings (SSSR count). The molecule has 0 aromatic heterocycles. The Morgan fingerprint density at radius 2 is 1.45 bits per heavy atom. The maximum absolute atomic E-state index is 14.5. The summed E-state index contributed by atoms with van der Waals surface area (Å²) in [6.07, 6.45) is -5.66. The first-order valence-electron chi connectivity index (χ1n) is 14.8. The van der Waals surface area contributed by atoms with Crippen LogP contribution in [0.15, 0.2) is 42.5 Å². The minimum atomic E-state index is -4.61. The predicted molar refractivity (Wildman–Crippen MR) is 158 cm³/mol. The van der Waals surface area contributed by atoms with Crippen LogP contribution in [0.25, 0.3) is 0 Å². The molecule has 0 spiro atoms. The number of ether oxygens (including phenoxy) is 1. The van der Waals surface area contributed by atoms with Gasteiger partial charge in [0.25, 0.3) is 5.91 Å². The standard InChI is InChI=1S/C33H35F8N3O3/c1-4-9-44(10-5-2)31(45)20-11-18(3)12-21(14-20)32(46)47-25(17-43-16-19-7-6-8-22(13-19)33(39,40)41)24(42)15-23-26(34)28(36)30(38)29(37)27(23)35/h6-8,11-14,24-25,43H,4-5,9-10,15-17,42H2,1-3H3/t24-,25+/m0/s1. The van der Waals surface area contributed by atoms with Crippen molar-refractivity contribution in [2.24, 2.45) is 5.73 Å². The molecule has 6 nitrogen and oxygen atoms in total. The number of esters is 1. The zero-order valence-electron chi connectivity index (χ0n) is 25.9. The lowest BCUT2D eigenvalue weighted by Crippen LogP contribution is -2.46. The number of hydrogen-bond acceptors (Lipinski definition) is 5. The molecule has 47 heavy (non-hydrogen) atoms. The van der Waals surface area contributed by atoms with Gasteiger partial charge in [0, 0.05) is 43.3 Å². The number of hydrogen-bond donors (Lipinski definition) is 2. The van der Waals surface area contributed by atoms with Crippen molar-refractivity contribution >= 4 is 11.9 Å². The third-order valence-corrected chi connectivity index (χ3v) is 7.24. The first-order valence-corrected chi connectivity index (χ1v) is 14.8. The second-order valence-electron chi connectivity index (χ2n) is 11.1. The molecule has 0 unspecified atom stereocenters. The van der Waals surface area contributed by atoms with Crippen molar-refractivity contribution in [3.05, 3.63) is 105 Å². The molecule has 256 valence electrons. The molecule has 0 aliphatic rings. The molecule has 0 saturated carbocycles. The number of halogens is 8. The second kappa shape index (κ2) is 16.2. The number of nitrogens with one attached hydrogen (secondary N) is 1. The molecule has 0 aliphatic carbocycles. The van der Waals surface area contributed by atoms with Gasteiger partial charge in [0.05, 0.1) is 11.1 Å². The summed E-state index contributed by atoms with van der Waals surface area (Å²) in [6, 6.07) is 7.09. The monoisotopic (exact) mass is 673 g/mol. The van der Waals surface area contributed by atoms with Crippen molar-refractivity contribution in [2.75, 3.05) is 19.6 Å². The number of benzene rings is 3. The largest absolute Gasteiger partial charge is 0.456 e. The number of carbonyl (C=O) groups is 2. The summed E-state index contributed by atoms with van der Waals surface area (Å²) in [6.45, 7) is 5.83. The molecular weight excluding hydrogens is 638 g/mol. The maximum atomic E-state index is 14.5. The molecule has 0 saturated heterocycles. The summed E-state index contributed by atoms with van der Waals surface area (Å²) < 4.78 is 115. The Balaban J connectivity index is 1.91. The molecule has 0 fully saturated rings. The van der Waals surface area contributed by atoms with Gasteiger partial charge in [0.2, 0.25) is 5.82 Å². The van der Waals surface area contributed by atoms with Crippen molar-refractivity contribution < 1.29 is 49.4 Å². The van der Waals surface area contributed by atoms with E-state index in [2.05, 4.69) is 5.32 Å². The summed E-state index contributed by atoms with van der Waals surface area (Å²) in [5.41, 5.74) is 4.82. The summed E-state index contributed by atoms with van der Waals surface area (Å²) >= 11 is 0. The van der Waals surface area contributed by atoms with Crippen molar-refractivity contribution in [3.63, 3.8) is 0 Å². The molecule has 0 heterocycles. The molecule has 3 aromatic carbocycles. The molecule has 3 N–H and O–H groups in total. The quantitative estimate of drug-likeness (QED) is 0.0846. The molecule has 2 atom stereocenters. The van der Waals surface area contributed by atoms with Crippen LogP contribution >= 0.6 is 0 Å². The predicted octanol–water partition coefficient (Wildman–Crippen LogP) is 6.86. The Kier molecular flexibility index (Phi) is 12.9. The maximum Gasteiger partial charge on any atom is 0.416 e. The Morgan fingerprint density at radius 1 is 0.872 bits per heavy atom. The van der Waals surface area contributed by atoms with Crippen LogP contribution in [-0.4, -0.2) is 48.6 Å². The van der Waals surface area contributed by atoms with E-state index < -0.39 is 77.5 Å².